The van der Waals surface area contributed by atoms with Crippen LogP contribution in [-0.4, -0.2) is 32.2 Å². The van der Waals surface area contributed by atoms with Crippen LogP contribution in [0.1, 0.15) is 44.8 Å². The normalized spacial score (nSPS) is 22.4. The van der Waals surface area contributed by atoms with Crippen LogP contribution in [0.25, 0.3) is 0 Å². The molecule has 4 nitrogen and oxygen atoms in total. The number of aliphatic imine (C=N–C) groups is 1. The molecule has 4 heteroatoms. The Hall–Kier alpha value is -1.55. The zero-order valence-corrected chi connectivity index (χ0v) is 13.8. The van der Waals surface area contributed by atoms with E-state index >= 15 is 0 Å². The third kappa shape index (κ3) is 5.02. The lowest BCUT2D eigenvalue weighted by Crippen LogP contribution is -2.38. The van der Waals surface area contributed by atoms with Gasteiger partial charge in [0.05, 0.1) is 6.10 Å². The molecule has 2 unspecified atom stereocenters. The molecular weight excluding hydrogens is 274 g/mol. The number of benzene rings is 1. The molecule has 1 fully saturated rings. The van der Waals surface area contributed by atoms with Gasteiger partial charge in [-0.2, -0.15) is 0 Å². The summed E-state index contributed by atoms with van der Waals surface area (Å²) in [6, 6.07) is 10.5. The second kappa shape index (κ2) is 9.46. The maximum absolute atomic E-state index is 6.04. The standard InChI is InChI=1S/C18H29N3O/c1-3-12-20-18(19-4-2)21-14-16-11-8-13-22-17(16)15-9-6-5-7-10-15/h5-7,9-10,16-17H,3-4,8,11-14H2,1-2H3,(H2,19,20,21). The van der Waals surface area contributed by atoms with Crippen LogP contribution in [0.3, 0.4) is 0 Å². The molecule has 0 amide bonds. The number of hydrogen-bond acceptors (Lipinski definition) is 2. The average Bonchev–Trinajstić information content (AvgIpc) is 2.58. The minimum absolute atomic E-state index is 0.174. The van der Waals surface area contributed by atoms with Crippen molar-refractivity contribution in [2.75, 3.05) is 26.2 Å². The van der Waals surface area contributed by atoms with Crippen LogP contribution in [0, 0.1) is 5.92 Å². The van der Waals surface area contributed by atoms with Gasteiger partial charge >= 0.3 is 0 Å². The highest BCUT2D eigenvalue weighted by atomic mass is 16.5. The lowest BCUT2D eigenvalue weighted by atomic mass is 9.89. The second-order valence-corrected chi connectivity index (χ2v) is 5.75. The van der Waals surface area contributed by atoms with E-state index in [1.807, 2.05) is 0 Å². The maximum Gasteiger partial charge on any atom is 0.191 e. The van der Waals surface area contributed by atoms with Crippen molar-refractivity contribution in [2.24, 2.45) is 10.9 Å². The molecule has 0 aliphatic carbocycles. The Morgan fingerprint density at radius 1 is 1.23 bits per heavy atom. The summed E-state index contributed by atoms with van der Waals surface area (Å²) in [4.78, 5) is 4.76. The fourth-order valence-electron chi connectivity index (χ4n) is 2.84. The molecule has 0 saturated carbocycles. The summed E-state index contributed by atoms with van der Waals surface area (Å²) in [6.07, 6.45) is 3.58. The summed E-state index contributed by atoms with van der Waals surface area (Å²) in [5.41, 5.74) is 1.27. The van der Waals surface area contributed by atoms with Gasteiger partial charge in [-0.1, -0.05) is 37.3 Å². The summed E-state index contributed by atoms with van der Waals surface area (Å²) in [5, 5.41) is 6.67. The quantitative estimate of drug-likeness (QED) is 0.627. The van der Waals surface area contributed by atoms with Crippen molar-refractivity contribution in [2.45, 2.75) is 39.2 Å². The van der Waals surface area contributed by atoms with Crippen LogP contribution >= 0.6 is 0 Å². The molecule has 0 bridgehead atoms. The number of rotatable bonds is 6. The van der Waals surface area contributed by atoms with Gasteiger partial charge in [0.25, 0.3) is 0 Å². The van der Waals surface area contributed by atoms with E-state index < -0.39 is 0 Å². The monoisotopic (exact) mass is 303 g/mol. The van der Waals surface area contributed by atoms with Crippen molar-refractivity contribution in [3.63, 3.8) is 0 Å². The molecule has 2 rings (SSSR count). The predicted molar refractivity (Wildman–Crippen MR) is 92.1 cm³/mol. The highest BCUT2D eigenvalue weighted by molar-refractivity contribution is 5.79. The molecule has 1 aliphatic heterocycles. The van der Waals surface area contributed by atoms with Crippen molar-refractivity contribution < 1.29 is 4.74 Å². The van der Waals surface area contributed by atoms with Gasteiger partial charge in [-0.15, -0.1) is 0 Å². The highest BCUT2D eigenvalue weighted by Gasteiger charge is 2.27. The summed E-state index contributed by atoms with van der Waals surface area (Å²) in [5.74, 6) is 1.37. The fourth-order valence-corrected chi connectivity index (χ4v) is 2.84. The van der Waals surface area contributed by atoms with Gasteiger partial charge in [0.15, 0.2) is 5.96 Å². The summed E-state index contributed by atoms with van der Waals surface area (Å²) in [7, 11) is 0. The molecule has 0 radical (unpaired) electrons. The molecule has 1 aromatic rings. The third-order valence-corrected chi connectivity index (χ3v) is 3.94. The molecule has 1 heterocycles. The Morgan fingerprint density at radius 2 is 2.05 bits per heavy atom. The summed E-state index contributed by atoms with van der Waals surface area (Å²) < 4.78 is 6.04. The highest BCUT2D eigenvalue weighted by Crippen LogP contribution is 2.33. The molecule has 1 saturated heterocycles. The van der Waals surface area contributed by atoms with Crippen molar-refractivity contribution >= 4 is 5.96 Å². The first-order valence-corrected chi connectivity index (χ1v) is 8.53. The first kappa shape index (κ1) is 16.8. The molecule has 22 heavy (non-hydrogen) atoms. The first-order chi connectivity index (χ1) is 10.8. The van der Waals surface area contributed by atoms with E-state index in [0.29, 0.717) is 5.92 Å². The van der Waals surface area contributed by atoms with E-state index in [2.05, 4.69) is 54.8 Å². The van der Waals surface area contributed by atoms with E-state index in [-0.39, 0.29) is 6.10 Å². The van der Waals surface area contributed by atoms with Crippen LogP contribution in [0.2, 0.25) is 0 Å². The number of hydrogen-bond donors (Lipinski definition) is 2. The second-order valence-electron chi connectivity index (χ2n) is 5.75. The Bertz CT molecular complexity index is 447. The molecule has 1 aliphatic rings. The van der Waals surface area contributed by atoms with Crippen LogP contribution in [0.15, 0.2) is 35.3 Å². The Balaban J connectivity index is 2.01. The molecule has 1 aromatic carbocycles. The Kier molecular flexibility index (Phi) is 7.23. The smallest absolute Gasteiger partial charge is 0.191 e. The molecule has 2 atom stereocenters. The van der Waals surface area contributed by atoms with Crippen molar-refractivity contribution in [3.8, 4) is 0 Å². The van der Waals surface area contributed by atoms with E-state index in [0.717, 1.165) is 45.0 Å². The lowest BCUT2D eigenvalue weighted by molar-refractivity contribution is -0.0250. The zero-order valence-electron chi connectivity index (χ0n) is 13.8. The Labute approximate surface area is 134 Å². The largest absolute Gasteiger partial charge is 0.373 e. The van der Waals surface area contributed by atoms with E-state index in [9.17, 15) is 0 Å². The minimum atomic E-state index is 0.174. The molecule has 0 spiro atoms. The topological polar surface area (TPSA) is 45.7 Å². The van der Waals surface area contributed by atoms with Crippen LogP contribution in [0.5, 0.6) is 0 Å². The van der Waals surface area contributed by atoms with Gasteiger partial charge in [-0.05, 0) is 31.7 Å². The van der Waals surface area contributed by atoms with E-state index in [1.165, 1.54) is 12.0 Å². The van der Waals surface area contributed by atoms with Crippen molar-refractivity contribution in [1.29, 1.82) is 0 Å². The zero-order chi connectivity index (χ0) is 15.6. The number of ether oxygens (including phenoxy) is 1. The van der Waals surface area contributed by atoms with Gasteiger partial charge < -0.3 is 15.4 Å². The van der Waals surface area contributed by atoms with Crippen molar-refractivity contribution in [1.82, 2.24) is 10.6 Å². The maximum atomic E-state index is 6.04. The minimum Gasteiger partial charge on any atom is -0.373 e. The Morgan fingerprint density at radius 3 is 2.77 bits per heavy atom. The lowest BCUT2D eigenvalue weighted by Gasteiger charge is -2.31. The van der Waals surface area contributed by atoms with E-state index in [4.69, 9.17) is 9.73 Å². The summed E-state index contributed by atoms with van der Waals surface area (Å²) >= 11 is 0. The van der Waals surface area contributed by atoms with Gasteiger partial charge in [0.2, 0.25) is 0 Å². The number of guanidine groups is 1. The summed E-state index contributed by atoms with van der Waals surface area (Å²) in [6.45, 7) is 7.76. The van der Waals surface area contributed by atoms with Crippen LogP contribution in [-0.2, 0) is 4.74 Å². The number of nitrogens with zero attached hydrogens (tertiary/aromatic N) is 1. The van der Waals surface area contributed by atoms with Gasteiger partial charge in [0.1, 0.15) is 0 Å². The van der Waals surface area contributed by atoms with E-state index in [1.54, 1.807) is 0 Å². The van der Waals surface area contributed by atoms with Gasteiger partial charge in [-0.25, -0.2) is 0 Å². The first-order valence-electron chi connectivity index (χ1n) is 8.53. The SMILES string of the molecule is CCCNC(=NCC1CCCOC1c1ccccc1)NCC. The van der Waals surface area contributed by atoms with Gasteiger partial charge in [-0.3, -0.25) is 4.99 Å². The predicted octanol–water partition coefficient (Wildman–Crippen LogP) is 3.12. The van der Waals surface area contributed by atoms with Crippen LogP contribution in [0.4, 0.5) is 0 Å². The van der Waals surface area contributed by atoms with Gasteiger partial charge in [0, 0.05) is 32.2 Å². The fraction of sp³-hybridized carbons (Fsp3) is 0.611. The molecular formula is C18H29N3O. The number of nitrogens with one attached hydrogen (secondary N) is 2. The van der Waals surface area contributed by atoms with Crippen molar-refractivity contribution in [3.05, 3.63) is 35.9 Å². The van der Waals surface area contributed by atoms with Crippen LogP contribution < -0.4 is 10.6 Å². The third-order valence-electron chi connectivity index (χ3n) is 3.94. The molecule has 122 valence electrons. The molecule has 0 aromatic heterocycles. The average molecular weight is 303 g/mol. The molecule has 2 N–H and O–H groups in total.